The van der Waals surface area contributed by atoms with Gasteiger partial charge in [0.25, 0.3) is 0 Å². The molecule has 2 aromatic carbocycles. The lowest BCUT2D eigenvalue weighted by molar-refractivity contribution is -0.126. The van der Waals surface area contributed by atoms with Crippen molar-refractivity contribution in [2.75, 3.05) is 18.0 Å². The van der Waals surface area contributed by atoms with Gasteiger partial charge < -0.3 is 15.0 Å². The van der Waals surface area contributed by atoms with Gasteiger partial charge in [-0.15, -0.1) is 6.58 Å². The summed E-state index contributed by atoms with van der Waals surface area (Å²) in [7, 11) is 0. The number of carbonyl (C=O) groups is 2. The van der Waals surface area contributed by atoms with Crippen molar-refractivity contribution >= 4 is 17.5 Å². The van der Waals surface area contributed by atoms with Crippen LogP contribution in [-0.2, 0) is 9.59 Å². The van der Waals surface area contributed by atoms with E-state index in [2.05, 4.69) is 11.9 Å². The van der Waals surface area contributed by atoms with Crippen molar-refractivity contribution in [1.29, 1.82) is 0 Å². The molecule has 0 aromatic heterocycles. The number of benzene rings is 2. The van der Waals surface area contributed by atoms with Crippen molar-refractivity contribution in [3.8, 4) is 11.5 Å². The van der Waals surface area contributed by atoms with Gasteiger partial charge in [0.1, 0.15) is 5.75 Å². The molecule has 1 heterocycles. The first-order valence-corrected chi connectivity index (χ1v) is 8.20. The standard InChI is InChI=1S/C20H20N2O3/c1-2-12-21-20(24)15-13-19(23)22(14-15)17-10-6-7-11-18(17)25-16-8-4-3-5-9-16/h2-11,15H,1,12-14H2,(H,21,24). The Labute approximate surface area is 146 Å². The number of nitrogens with one attached hydrogen (secondary N) is 1. The second kappa shape index (κ2) is 7.66. The lowest BCUT2D eigenvalue weighted by Gasteiger charge is -2.20. The molecule has 1 unspecified atom stereocenters. The summed E-state index contributed by atoms with van der Waals surface area (Å²) in [6.45, 7) is 4.32. The van der Waals surface area contributed by atoms with Crippen LogP contribution in [0.5, 0.6) is 11.5 Å². The highest BCUT2D eigenvalue weighted by Gasteiger charge is 2.36. The van der Waals surface area contributed by atoms with Gasteiger partial charge in [0, 0.05) is 19.5 Å². The predicted molar refractivity (Wildman–Crippen MR) is 96.6 cm³/mol. The van der Waals surface area contributed by atoms with E-state index in [0.29, 0.717) is 30.3 Å². The van der Waals surface area contributed by atoms with E-state index >= 15 is 0 Å². The Bertz CT molecular complexity index is 774. The van der Waals surface area contributed by atoms with Crippen molar-refractivity contribution < 1.29 is 14.3 Å². The summed E-state index contributed by atoms with van der Waals surface area (Å²) < 4.78 is 5.92. The third-order valence-corrected chi connectivity index (χ3v) is 4.04. The summed E-state index contributed by atoms with van der Waals surface area (Å²) >= 11 is 0. The largest absolute Gasteiger partial charge is 0.455 e. The van der Waals surface area contributed by atoms with Gasteiger partial charge >= 0.3 is 0 Å². The third-order valence-electron chi connectivity index (χ3n) is 4.04. The van der Waals surface area contributed by atoms with Gasteiger partial charge in [-0.3, -0.25) is 9.59 Å². The van der Waals surface area contributed by atoms with Crippen LogP contribution in [0.1, 0.15) is 6.42 Å². The first-order chi connectivity index (χ1) is 12.2. The zero-order chi connectivity index (χ0) is 17.6. The fraction of sp³-hybridized carbons (Fsp3) is 0.200. The first-order valence-electron chi connectivity index (χ1n) is 8.20. The Morgan fingerprint density at radius 1 is 1.20 bits per heavy atom. The van der Waals surface area contributed by atoms with Crippen LogP contribution < -0.4 is 15.0 Å². The van der Waals surface area contributed by atoms with Gasteiger partial charge in [0.2, 0.25) is 11.8 Å². The summed E-state index contributed by atoms with van der Waals surface area (Å²) in [6.07, 6.45) is 1.82. The van der Waals surface area contributed by atoms with Crippen molar-refractivity contribution in [1.82, 2.24) is 5.32 Å². The summed E-state index contributed by atoms with van der Waals surface area (Å²) in [6, 6.07) is 16.8. The van der Waals surface area contributed by atoms with Gasteiger partial charge in [-0.05, 0) is 24.3 Å². The molecule has 1 aliphatic rings. The van der Waals surface area contributed by atoms with Crippen molar-refractivity contribution in [3.63, 3.8) is 0 Å². The Morgan fingerprint density at radius 3 is 2.68 bits per heavy atom. The highest BCUT2D eigenvalue weighted by atomic mass is 16.5. The fourth-order valence-corrected chi connectivity index (χ4v) is 2.82. The molecule has 1 atom stereocenters. The molecule has 0 aliphatic carbocycles. The zero-order valence-corrected chi connectivity index (χ0v) is 13.9. The number of anilines is 1. The molecule has 25 heavy (non-hydrogen) atoms. The van der Waals surface area contributed by atoms with E-state index in [-0.39, 0.29) is 24.2 Å². The molecule has 128 valence electrons. The Balaban J connectivity index is 1.79. The number of nitrogens with zero attached hydrogens (tertiary/aromatic N) is 1. The number of rotatable bonds is 6. The minimum atomic E-state index is -0.364. The van der Waals surface area contributed by atoms with Gasteiger partial charge in [0.05, 0.1) is 11.6 Å². The van der Waals surface area contributed by atoms with Crippen LogP contribution in [0.4, 0.5) is 5.69 Å². The maximum atomic E-state index is 12.4. The molecule has 0 radical (unpaired) electrons. The summed E-state index contributed by atoms with van der Waals surface area (Å²) in [5, 5.41) is 2.75. The SMILES string of the molecule is C=CCNC(=O)C1CC(=O)N(c2ccccc2Oc2ccccc2)C1. The lowest BCUT2D eigenvalue weighted by atomic mass is 10.1. The number of ether oxygens (including phenoxy) is 1. The van der Waals surface area contributed by atoms with E-state index in [1.165, 1.54) is 0 Å². The van der Waals surface area contributed by atoms with E-state index in [4.69, 9.17) is 4.74 Å². The predicted octanol–water partition coefficient (Wildman–Crippen LogP) is 3.13. The van der Waals surface area contributed by atoms with Crippen LogP contribution in [0.3, 0.4) is 0 Å². The highest BCUT2D eigenvalue weighted by molar-refractivity contribution is 6.01. The lowest BCUT2D eigenvalue weighted by Crippen LogP contribution is -2.33. The molecule has 3 rings (SSSR count). The minimum absolute atomic E-state index is 0.0807. The van der Waals surface area contributed by atoms with E-state index in [1.807, 2.05) is 54.6 Å². The monoisotopic (exact) mass is 336 g/mol. The smallest absolute Gasteiger partial charge is 0.227 e. The van der Waals surface area contributed by atoms with Crippen LogP contribution in [0, 0.1) is 5.92 Å². The van der Waals surface area contributed by atoms with Crippen LogP contribution in [-0.4, -0.2) is 24.9 Å². The minimum Gasteiger partial charge on any atom is -0.455 e. The number of carbonyl (C=O) groups excluding carboxylic acids is 2. The number of para-hydroxylation sites is 3. The van der Waals surface area contributed by atoms with Gasteiger partial charge in [-0.25, -0.2) is 0 Å². The molecule has 2 aromatic rings. The Kier molecular flexibility index (Phi) is 5.14. The van der Waals surface area contributed by atoms with Gasteiger partial charge in [-0.2, -0.15) is 0 Å². The van der Waals surface area contributed by atoms with Crippen LogP contribution in [0.2, 0.25) is 0 Å². The average Bonchev–Trinajstić information content (AvgIpc) is 3.03. The highest BCUT2D eigenvalue weighted by Crippen LogP contribution is 2.35. The molecule has 0 bridgehead atoms. The molecule has 5 nitrogen and oxygen atoms in total. The van der Waals surface area contributed by atoms with Crippen LogP contribution >= 0.6 is 0 Å². The number of amides is 2. The average molecular weight is 336 g/mol. The zero-order valence-electron chi connectivity index (χ0n) is 13.9. The Morgan fingerprint density at radius 2 is 1.92 bits per heavy atom. The van der Waals surface area contributed by atoms with Crippen molar-refractivity contribution in [2.45, 2.75) is 6.42 Å². The maximum absolute atomic E-state index is 12.4. The van der Waals surface area contributed by atoms with E-state index in [0.717, 1.165) is 0 Å². The fourth-order valence-electron chi connectivity index (χ4n) is 2.82. The topological polar surface area (TPSA) is 58.6 Å². The molecule has 2 amide bonds. The molecule has 0 spiro atoms. The summed E-state index contributed by atoms with van der Waals surface area (Å²) in [5.41, 5.74) is 0.676. The maximum Gasteiger partial charge on any atom is 0.227 e. The normalized spacial score (nSPS) is 16.6. The number of hydrogen-bond donors (Lipinski definition) is 1. The van der Waals surface area contributed by atoms with E-state index in [1.54, 1.807) is 11.0 Å². The van der Waals surface area contributed by atoms with Gasteiger partial charge in [0.15, 0.2) is 5.75 Å². The number of hydrogen-bond acceptors (Lipinski definition) is 3. The molecule has 0 saturated carbocycles. The van der Waals surface area contributed by atoms with Crippen molar-refractivity contribution in [3.05, 3.63) is 67.3 Å². The Hall–Kier alpha value is -3.08. The van der Waals surface area contributed by atoms with Crippen molar-refractivity contribution in [2.24, 2.45) is 5.92 Å². The molecule has 1 fully saturated rings. The molecule has 1 aliphatic heterocycles. The molecular weight excluding hydrogens is 316 g/mol. The molecule has 1 N–H and O–H groups in total. The summed E-state index contributed by atoms with van der Waals surface area (Å²) in [5.74, 6) is 0.716. The first kappa shape index (κ1) is 16.8. The molecular formula is C20H20N2O3. The van der Waals surface area contributed by atoms with E-state index in [9.17, 15) is 9.59 Å². The molecule has 1 saturated heterocycles. The van der Waals surface area contributed by atoms with E-state index < -0.39 is 0 Å². The second-order valence-corrected chi connectivity index (χ2v) is 5.82. The second-order valence-electron chi connectivity index (χ2n) is 5.82. The quantitative estimate of drug-likeness (QED) is 0.825. The summed E-state index contributed by atoms with van der Waals surface area (Å²) in [4.78, 5) is 26.2. The molecule has 5 heteroatoms. The third kappa shape index (κ3) is 3.88. The van der Waals surface area contributed by atoms with Crippen LogP contribution in [0.25, 0.3) is 0 Å². The van der Waals surface area contributed by atoms with Gasteiger partial charge in [-0.1, -0.05) is 36.4 Å². The van der Waals surface area contributed by atoms with Crippen LogP contribution in [0.15, 0.2) is 67.3 Å².